The number of rotatable bonds is 7. The van der Waals surface area contributed by atoms with Crippen molar-refractivity contribution in [2.24, 2.45) is 5.10 Å². The van der Waals surface area contributed by atoms with Gasteiger partial charge in [-0.1, -0.05) is 0 Å². The molecule has 2 aromatic carbocycles. The number of hydrogen-bond acceptors (Lipinski definition) is 7. The molecular formula is C21H23N3O4. The molecule has 0 aliphatic heterocycles. The number of hydrazone groups is 1. The van der Waals surface area contributed by atoms with Crippen LogP contribution in [0.2, 0.25) is 0 Å². The molecular weight excluding hydrogens is 358 g/mol. The molecule has 0 amide bonds. The van der Waals surface area contributed by atoms with E-state index in [1.807, 2.05) is 31.2 Å². The number of ether oxygens (including phenoxy) is 4. The first-order valence-corrected chi connectivity index (χ1v) is 8.64. The van der Waals surface area contributed by atoms with E-state index in [2.05, 4.69) is 15.5 Å². The van der Waals surface area contributed by atoms with Gasteiger partial charge < -0.3 is 18.9 Å². The van der Waals surface area contributed by atoms with Crippen molar-refractivity contribution >= 4 is 22.9 Å². The van der Waals surface area contributed by atoms with Crippen molar-refractivity contribution in [1.29, 1.82) is 0 Å². The highest BCUT2D eigenvalue weighted by atomic mass is 16.5. The number of aryl methyl sites for hydroxylation is 1. The third-order valence-electron chi connectivity index (χ3n) is 4.35. The van der Waals surface area contributed by atoms with E-state index in [0.29, 0.717) is 28.6 Å². The van der Waals surface area contributed by atoms with E-state index in [9.17, 15) is 0 Å². The van der Waals surface area contributed by atoms with Gasteiger partial charge in [0.1, 0.15) is 28.8 Å². The summed E-state index contributed by atoms with van der Waals surface area (Å²) in [4.78, 5) is 4.60. The quantitative estimate of drug-likeness (QED) is 0.492. The summed E-state index contributed by atoms with van der Waals surface area (Å²) in [6.45, 7) is 2.03. The van der Waals surface area contributed by atoms with Crippen LogP contribution in [0.15, 0.2) is 41.5 Å². The molecule has 0 aliphatic rings. The number of aromatic nitrogens is 1. The normalized spacial score (nSPS) is 10.9. The molecule has 0 unspecified atom stereocenters. The first kappa shape index (κ1) is 19.3. The summed E-state index contributed by atoms with van der Waals surface area (Å²) in [5.74, 6) is 3.21. The summed E-state index contributed by atoms with van der Waals surface area (Å²) in [7, 11) is 6.39. The smallest absolute Gasteiger partial charge is 0.147 e. The van der Waals surface area contributed by atoms with E-state index >= 15 is 0 Å². The molecule has 0 spiro atoms. The average molecular weight is 381 g/mol. The molecule has 3 rings (SSSR count). The number of nitrogens with zero attached hydrogens (tertiary/aromatic N) is 2. The molecule has 0 aliphatic carbocycles. The van der Waals surface area contributed by atoms with Crippen molar-refractivity contribution in [2.45, 2.75) is 6.92 Å². The Morgan fingerprint density at radius 1 is 0.857 bits per heavy atom. The van der Waals surface area contributed by atoms with Crippen molar-refractivity contribution in [1.82, 2.24) is 4.98 Å². The molecule has 1 aromatic heterocycles. The first-order valence-electron chi connectivity index (χ1n) is 8.64. The standard InChI is InChI=1S/C21H23N3O4/c1-13-8-21(23-18-9-14(25-2)6-7-16(13)18)24-22-12-17-19(27-4)10-15(26-3)11-20(17)28-5/h6-12H,1-5H3,(H,23,24)/b22-12-. The van der Waals surface area contributed by atoms with Crippen LogP contribution in [0.3, 0.4) is 0 Å². The number of fused-ring (bicyclic) bond motifs is 1. The van der Waals surface area contributed by atoms with E-state index < -0.39 is 0 Å². The average Bonchev–Trinajstić information content (AvgIpc) is 2.73. The van der Waals surface area contributed by atoms with Gasteiger partial charge in [0.2, 0.25) is 0 Å². The minimum absolute atomic E-state index is 0.592. The molecule has 0 saturated heterocycles. The van der Waals surface area contributed by atoms with Gasteiger partial charge in [-0.2, -0.15) is 5.10 Å². The zero-order valence-electron chi connectivity index (χ0n) is 16.6. The largest absolute Gasteiger partial charge is 0.497 e. The number of nitrogens with one attached hydrogen (secondary N) is 1. The molecule has 0 bridgehead atoms. The molecule has 28 heavy (non-hydrogen) atoms. The molecule has 0 fully saturated rings. The predicted octanol–water partition coefficient (Wildman–Crippen LogP) is 4.02. The third-order valence-corrected chi connectivity index (χ3v) is 4.35. The van der Waals surface area contributed by atoms with E-state index in [1.54, 1.807) is 46.8 Å². The van der Waals surface area contributed by atoms with Crippen molar-refractivity contribution in [3.63, 3.8) is 0 Å². The Kier molecular flexibility index (Phi) is 5.84. The molecule has 1 heterocycles. The number of anilines is 1. The molecule has 7 nitrogen and oxygen atoms in total. The highest BCUT2D eigenvalue weighted by molar-refractivity contribution is 5.89. The number of benzene rings is 2. The highest BCUT2D eigenvalue weighted by Crippen LogP contribution is 2.32. The molecule has 0 atom stereocenters. The Hall–Kier alpha value is -3.48. The second-order valence-electron chi connectivity index (χ2n) is 6.02. The SMILES string of the molecule is COc1cc(OC)c(/C=N\Nc2cc(C)c3ccc(OC)cc3n2)c(OC)c1. The maximum Gasteiger partial charge on any atom is 0.147 e. The van der Waals surface area contributed by atoms with Gasteiger partial charge in [-0.25, -0.2) is 4.98 Å². The van der Waals surface area contributed by atoms with Crippen LogP contribution >= 0.6 is 0 Å². The fraction of sp³-hybridized carbons (Fsp3) is 0.238. The third kappa shape index (κ3) is 3.93. The minimum atomic E-state index is 0.592. The van der Waals surface area contributed by atoms with Crippen molar-refractivity contribution in [3.8, 4) is 23.0 Å². The predicted molar refractivity (Wildman–Crippen MR) is 110 cm³/mol. The lowest BCUT2D eigenvalue weighted by molar-refractivity contribution is 0.374. The van der Waals surface area contributed by atoms with Crippen LogP contribution in [0.1, 0.15) is 11.1 Å². The Morgan fingerprint density at radius 2 is 1.54 bits per heavy atom. The Bertz CT molecular complexity index is 993. The van der Waals surface area contributed by atoms with Gasteiger partial charge in [0, 0.05) is 23.6 Å². The van der Waals surface area contributed by atoms with Gasteiger partial charge in [-0.3, -0.25) is 5.43 Å². The van der Waals surface area contributed by atoms with Crippen molar-refractivity contribution in [2.75, 3.05) is 33.9 Å². The van der Waals surface area contributed by atoms with E-state index in [-0.39, 0.29) is 0 Å². The second kappa shape index (κ2) is 8.47. The summed E-state index contributed by atoms with van der Waals surface area (Å²) < 4.78 is 21.4. The van der Waals surface area contributed by atoms with Gasteiger partial charge in [-0.05, 0) is 30.7 Å². The van der Waals surface area contributed by atoms with Crippen LogP contribution in [-0.4, -0.2) is 39.6 Å². The van der Waals surface area contributed by atoms with Gasteiger partial charge in [0.05, 0.1) is 45.7 Å². The van der Waals surface area contributed by atoms with Crippen LogP contribution in [-0.2, 0) is 0 Å². The van der Waals surface area contributed by atoms with Crippen LogP contribution < -0.4 is 24.4 Å². The lowest BCUT2D eigenvalue weighted by atomic mass is 10.1. The Balaban J connectivity index is 1.90. The van der Waals surface area contributed by atoms with Gasteiger partial charge in [0.15, 0.2) is 0 Å². The summed E-state index contributed by atoms with van der Waals surface area (Å²) in [5, 5.41) is 5.37. The van der Waals surface area contributed by atoms with Gasteiger partial charge in [-0.15, -0.1) is 0 Å². The maximum atomic E-state index is 5.43. The second-order valence-corrected chi connectivity index (χ2v) is 6.02. The fourth-order valence-electron chi connectivity index (χ4n) is 2.89. The summed E-state index contributed by atoms with van der Waals surface area (Å²) in [6.07, 6.45) is 1.63. The zero-order chi connectivity index (χ0) is 20.1. The minimum Gasteiger partial charge on any atom is -0.497 e. The van der Waals surface area contributed by atoms with E-state index in [4.69, 9.17) is 18.9 Å². The Labute approximate surface area is 163 Å². The van der Waals surface area contributed by atoms with E-state index in [0.717, 1.165) is 22.2 Å². The summed E-state index contributed by atoms with van der Waals surface area (Å²) in [5.41, 5.74) is 5.58. The lowest BCUT2D eigenvalue weighted by Gasteiger charge is -2.12. The monoisotopic (exact) mass is 381 g/mol. The van der Waals surface area contributed by atoms with Crippen molar-refractivity contribution < 1.29 is 18.9 Å². The first-order chi connectivity index (χ1) is 13.6. The van der Waals surface area contributed by atoms with Crippen LogP contribution in [0.5, 0.6) is 23.0 Å². The molecule has 3 aromatic rings. The maximum absolute atomic E-state index is 5.43. The van der Waals surface area contributed by atoms with Crippen molar-refractivity contribution in [3.05, 3.63) is 47.5 Å². The molecule has 7 heteroatoms. The molecule has 146 valence electrons. The number of methoxy groups -OCH3 is 4. The number of hydrogen-bond donors (Lipinski definition) is 1. The highest BCUT2D eigenvalue weighted by Gasteiger charge is 2.11. The molecule has 1 N–H and O–H groups in total. The summed E-state index contributed by atoms with van der Waals surface area (Å²) >= 11 is 0. The lowest BCUT2D eigenvalue weighted by Crippen LogP contribution is -2.00. The van der Waals surface area contributed by atoms with Gasteiger partial charge in [0.25, 0.3) is 0 Å². The van der Waals surface area contributed by atoms with Crippen LogP contribution in [0.25, 0.3) is 10.9 Å². The van der Waals surface area contributed by atoms with Crippen LogP contribution in [0.4, 0.5) is 5.82 Å². The van der Waals surface area contributed by atoms with Gasteiger partial charge >= 0.3 is 0 Å². The fourth-order valence-corrected chi connectivity index (χ4v) is 2.89. The van der Waals surface area contributed by atoms with E-state index in [1.165, 1.54) is 0 Å². The summed E-state index contributed by atoms with van der Waals surface area (Å²) in [6, 6.07) is 11.3. The van der Waals surface area contributed by atoms with Crippen LogP contribution in [0, 0.1) is 6.92 Å². The zero-order valence-corrected chi connectivity index (χ0v) is 16.6. The topological polar surface area (TPSA) is 74.2 Å². The molecule has 0 radical (unpaired) electrons. The number of pyridine rings is 1. The molecule has 0 saturated carbocycles. The Morgan fingerprint density at radius 3 is 2.14 bits per heavy atom.